The normalized spacial score (nSPS) is 23.3. The van der Waals surface area contributed by atoms with Crippen LogP contribution in [0.4, 0.5) is 4.79 Å². The summed E-state index contributed by atoms with van der Waals surface area (Å²) in [5.74, 6) is -0.752. The fourth-order valence-corrected chi connectivity index (χ4v) is 4.91. The molecule has 1 aliphatic carbocycles. The number of thiophene rings is 1. The second-order valence-corrected chi connectivity index (χ2v) is 7.85. The van der Waals surface area contributed by atoms with Gasteiger partial charge in [0.25, 0.3) is 0 Å². The van der Waals surface area contributed by atoms with E-state index in [4.69, 9.17) is 0 Å². The topological polar surface area (TPSA) is 91.2 Å². The fourth-order valence-electron chi connectivity index (χ4n) is 3.93. The first-order chi connectivity index (χ1) is 13.1. The number of carbonyl (C=O) groups excluding carboxylic acids is 3. The number of dihydropyridines is 1. The van der Waals surface area contributed by atoms with Crippen molar-refractivity contribution >= 4 is 41.2 Å². The number of amidine groups is 1. The van der Waals surface area contributed by atoms with Gasteiger partial charge in [-0.05, 0) is 30.4 Å². The van der Waals surface area contributed by atoms with Crippen molar-refractivity contribution in [2.75, 3.05) is 13.1 Å². The second-order valence-electron chi connectivity index (χ2n) is 6.91. The molecule has 1 fully saturated rings. The van der Waals surface area contributed by atoms with E-state index in [1.165, 1.54) is 6.21 Å². The molecule has 7 nitrogen and oxygen atoms in total. The molecule has 0 spiro atoms. The molecule has 4 rings (SSSR count). The maximum atomic E-state index is 12.9. The van der Waals surface area contributed by atoms with Crippen LogP contribution in [0.3, 0.4) is 0 Å². The number of imide groups is 1. The molecule has 1 unspecified atom stereocenters. The Labute approximate surface area is 160 Å². The molecule has 0 aromatic carbocycles. The van der Waals surface area contributed by atoms with Crippen molar-refractivity contribution in [3.05, 3.63) is 34.5 Å². The number of aliphatic imine (C=N–C) groups is 2. The molecule has 0 bridgehead atoms. The Morgan fingerprint density at radius 2 is 2.15 bits per heavy atom. The van der Waals surface area contributed by atoms with E-state index < -0.39 is 17.4 Å². The predicted octanol–water partition coefficient (Wildman–Crippen LogP) is 2.29. The Morgan fingerprint density at radius 1 is 1.33 bits per heavy atom. The van der Waals surface area contributed by atoms with Gasteiger partial charge in [-0.25, -0.2) is 9.79 Å². The van der Waals surface area contributed by atoms with Crippen LogP contribution in [0.5, 0.6) is 0 Å². The van der Waals surface area contributed by atoms with Gasteiger partial charge in [0.2, 0.25) is 11.8 Å². The third kappa shape index (κ3) is 3.14. The molecule has 4 amide bonds. The molecule has 8 heteroatoms. The average Bonchev–Trinajstić information content (AvgIpc) is 3.36. The van der Waals surface area contributed by atoms with Gasteiger partial charge in [0.1, 0.15) is 11.8 Å². The molecule has 0 radical (unpaired) electrons. The highest BCUT2D eigenvalue weighted by Crippen LogP contribution is 2.43. The summed E-state index contributed by atoms with van der Waals surface area (Å²) < 4.78 is 0. The van der Waals surface area contributed by atoms with Crippen molar-refractivity contribution in [3.8, 4) is 0 Å². The first-order valence-corrected chi connectivity index (χ1v) is 9.97. The van der Waals surface area contributed by atoms with Crippen LogP contribution in [0.15, 0.2) is 39.6 Å². The van der Waals surface area contributed by atoms with Gasteiger partial charge in [-0.15, -0.1) is 11.3 Å². The van der Waals surface area contributed by atoms with E-state index in [-0.39, 0.29) is 30.7 Å². The molecule has 1 atom stereocenters. The maximum absolute atomic E-state index is 12.9. The molecule has 1 aromatic rings. The monoisotopic (exact) mass is 384 g/mol. The van der Waals surface area contributed by atoms with Crippen LogP contribution in [0, 0.1) is 5.92 Å². The van der Waals surface area contributed by atoms with Crippen LogP contribution in [0.1, 0.15) is 30.6 Å². The smallest absolute Gasteiger partial charge is 0.352 e. The molecule has 0 saturated heterocycles. The fraction of sp³-hybridized carbons (Fsp3) is 0.421. The number of fused-ring (bicyclic) bond motifs is 1. The largest absolute Gasteiger partial charge is 0.354 e. The van der Waals surface area contributed by atoms with E-state index in [1.54, 1.807) is 23.5 Å². The van der Waals surface area contributed by atoms with Crippen LogP contribution >= 0.6 is 11.3 Å². The summed E-state index contributed by atoms with van der Waals surface area (Å²) in [6.07, 6.45) is 8.58. The third-order valence-electron chi connectivity index (χ3n) is 5.35. The minimum atomic E-state index is -0.623. The van der Waals surface area contributed by atoms with E-state index in [0.29, 0.717) is 0 Å². The first kappa shape index (κ1) is 17.8. The van der Waals surface area contributed by atoms with Gasteiger partial charge < -0.3 is 5.32 Å². The number of hydrogen-bond acceptors (Lipinski definition) is 5. The lowest BCUT2D eigenvalue weighted by molar-refractivity contribution is -0.130. The Morgan fingerprint density at radius 3 is 2.89 bits per heavy atom. The maximum Gasteiger partial charge on any atom is 0.352 e. The minimum Gasteiger partial charge on any atom is -0.354 e. The Hall–Kier alpha value is -2.61. The lowest BCUT2D eigenvalue weighted by atomic mass is 9.83. The van der Waals surface area contributed by atoms with Gasteiger partial charge >= 0.3 is 6.03 Å². The van der Waals surface area contributed by atoms with Gasteiger partial charge in [0.05, 0.1) is 5.41 Å². The minimum absolute atomic E-state index is 0.0225. The number of amides is 4. The first-order valence-electron chi connectivity index (χ1n) is 9.09. The van der Waals surface area contributed by atoms with E-state index in [0.717, 1.165) is 35.5 Å². The number of nitrogens with one attached hydrogen (secondary N) is 1. The van der Waals surface area contributed by atoms with Gasteiger partial charge in [-0.3, -0.25) is 14.5 Å². The molecular formula is C19H20N4O3S. The molecule has 3 aliphatic rings. The number of carbonyl (C=O) groups is 3. The van der Waals surface area contributed by atoms with Crippen molar-refractivity contribution in [1.29, 1.82) is 0 Å². The third-order valence-corrected chi connectivity index (χ3v) is 6.43. The van der Waals surface area contributed by atoms with Gasteiger partial charge in [-0.1, -0.05) is 25.0 Å². The van der Waals surface area contributed by atoms with Gasteiger partial charge in [0.15, 0.2) is 0 Å². The average molecular weight is 384 g/mol. The van der Waals surface area contributed by atoms with Crippen LogP contribution in [0.25, 0.3) is 0 Å². The molecule has 1 aromatic heterocycles. The molecule has 1 N–H and O–H groups in total. The summed E-state index contributed by atoms with van der Waals surface area (Å²) in [6, 6.07) is 3.36. The summed E-state index contributed by atoms with van der Waals surface area (Å²) in [6.45, 7) is 0.322. The molecule has 140 valence electrons. The van der Waals surface area contributed by atoms with Crippen molar-refractivity contribution in [1.82, 2.24) is 10.2 Å². The van der Waals surface area contributed by atoms with Crippen LogP contribution in [0.2, 0.25) is 0 Å². The summed E-state index contributed by atoms with van der Waals surface area (Å²) in [5.41, 5.74) is -0.476. The summed E-state index contributed by atoms with van der Waals surface area (Å²) in [7, 11) is 0. The highest BCUT2D eigenvalue weighted by Gasteiger charge is 2.43. The summed E-state index contributed by atoms with van der Waals surface area (Å²) >= 11 is 1.60. The van der Waals surface area contributed by atoms with Crippen molar-refractivity contribution in [2.45, 2.75) is 31.1 Å². The quantitative estimate of drug-likeness (QED) is 0.844. The van der Waals surface area contributed by atoms with Crippen LogP contribution in [-0.4, -0.2) is 47.9 Å². The molecule has 27 heavy (non-hydrogen) atoms. The van der Waals surface area contributed by atoms with Crippen molar-refractivity contribution in [2.24, 2.45) is 15.9 Å². The summed E-state index contributed by atoms with van der Waals surface area (Å²) in [4.78, 5) is 47.7. The number of rotatable bonds is 5. The zero-order valence-electron chi connectivity index (χ0n) is 14.8. The van der Waals surface area contributed by atoms with E-state index in [2.05, 4.69) is 15.3 Å². The number of hydrogen-bond donors (Lipinski definition) is 1. The van der Waals surface area contributed by atoms with E-state index in [1.807, 2.05) is 17.5 Å². The Kier molecular flexibility index (Phi) is 4.73. The second kappa shape index (κ2) is 7.19. The predicted molar refractivity (Wildman–Crippen MR) is 103 cm³/mol. The molecule has 1 saturated carbocycles. The van der Waals surface area contributed by atoms with Gasteiger partial charge in [-0.2, -0.15) is 4.99 Å². The molecule has 3 heterocycles. The van der Waals surface area contributed by atoms with E-state index >= 15 is 0 Å². The van der Waals surface area contributed by atoms with Crippen molar-refractivity contribution in [3.63, 3.8) is 0 Å². The lowest BCUT2D eigenvalue weighted by Gasteiger charge is -2.29. The van der Waals surface area contributed by atoms with E-state index in [9.17, 15) is 14.4 Å². The van der Waals surface area contributed by atoms with Crippen LogP contribution in [-0.2, 0) is 15.0 Å². The van der Waals surface area contributed by atoms with Crippen LogP contribution < -0.4 is 5.32 Å². The Balaban J connectivity index is 1.41. The lowest BCUT2D eigenvalue weighted by Crippen LogP contribution is -2.50. The SMILES string of the molecule is O=C1N=C2N=CC=CC2C(=O)N1CCNC(=O)C1(c2cccs2)CCCC1. The summed E-state index contributed by atoms with van der Waals surface area (Å²) in [5, 5.41) is 4.93. The highest BCUT2D eigenvalue weighted by atomic mass is 32.1. The highest BCUT2D eigenvalue weighted by molar-refractivity contribution is 7.10. The zero-order chi connectivity index (χ0) is 18.9. The number of nitrogens with zero attached hydrogens (tertiary/aromatic N) is 3. The Bertz CT molecular complexity index is 850. The molecular weight excluding hydrogens is 364 g/mol. The number of allylic oxidation sites excluding steroid dienone is 1. The van der Waals surface area contributed by atoms with Crippen molar-refractivity contribution < 1.29 is 14.4 Å². The standard InChI is InChI=1S/C19H20N4O3S/c24-16-13-5-3-9-20-15(13)22-18(26)23(16)11-10-21-17(25)19(7-1-2-8-19)14-6-4-12-27-14/h3-6,9,12-13H,1-2,7-8,10-11H2,(H,21,25). The van der Waals surface area contributed by atoms with Gasteiger partial charge in [0, 0.05) is 24.2 Å². The number of urea groups is 1. The molecule has 2 aliphatic heterocycles. The zero-order valence-corrected chi connectivity index (χ0v) is 15.6.